The zero-order chi connectivity index (χ0) is 13.7. The molecule has 1 atom stereocenters. The first-order valence-corrected chi connectivity index (χ1v) is 7.20. The average Bonchev–Trinajstić information content (AvgIpc) is 2.85. The van der Waals surface area contributed by atoms with Gasteiger partial charge in [-0.1, -0.05) is 30.7 Å². The fourth-order valence-electron chi connectivity index (χ4n) is 2.13. The number of rotatable bonds is 6. The Bertz CT molecular complexity index is 502. The number of benzene rings is 1. The van der Waals surface area contributed by atoms with E-state index >= 15 is 0 Å². The largest absolute Gasteiger partial charge is 0.354 e. The maximum absolute atomic E-state index is 5.90. The van der Waals surface area contributed by atoms with Crippen molar-refractivity contribution in [3.63, 3.8) is 0 Å². The minimum atomic E-state index is 0.326. The van der Waals surface area contributed by atoms with Crippen molar-refractivity contribution in [2.45, 2.75) is 39.4 Å². The Morgan fingerprint density at radius 2 is 1.95 bits per heavy atom. The van der Waals surface area contributed by atoms with E-state index in [0.29, 0.717) is 6.04 Å². The van der Waals surface area contributed by atoms with Crippen LogP contribution in [0.5, 0.6) is 0 Å². The summed E-state index contributed by atoms with van der Waals surface area (Å²) in [4.78, 5) is 0. The van der Waals surface area contributed by atoms with Gasteiger partial charge in [-0.15, -0.1) is 0 Å². The molecular formula is C16H21ClN2. The van der Waals surface area contributed by atoms with Crippen LogP contribution in [0.2, 0.25) is 5.02 Å². The average molecular weight is 277 g/mol. The minimum Gasteiger partial charge on any atom is -0.354 e. The van der Waals surface area contributed by atoms with Crippen molar-refractivity contribution in [3.05, 3.63) is 58.9 Å². The van der Waals surface area contributed by atoms with Gasteiger partial charge in [0.05, 0.1) is 0 Å². The number of nitrogens with zero attached hydrogens (tertiary/aromatic N) is 1. The lowest BCUT2D eigenvalue weighted by molar-refractivity contribution is 0.573. The van der Waals surface area contributed by atoms with Gasteiger partial charge in [0.2, 0.25) is 0 Å². The fourth-order valence-corrected chi connectivity index (χ4v) is 2.26. The third-order valence-electron chi connectivity index (χ3n) is 3.28. The maximum atomic E-state index is 5.90. The molecule has 2 rings (SSSR count). The summed E-state index contributed by atoms with van der Waals surface area (Å²) in [6.07, 6.45) is 5.53. The summed E-state index contributed by atoms with van der Waals surface area (Å²) in [5, 5.41) is 4.32. The minimum absolute atomic E-state index is 0.326. The van der Waals surface area contributed by atoms with Crippen molar-refractivity contribution in [1.29, 1.82) is 0 Å². The number of aryl methyl sites for hydroxylation is 1. The number of halogens is 1. The molecule has 0 saturated carbocycles. The summed E-state index contributed by atoms with van der Waals surface area (Å²) in [5.41, 5.74) is 2.59. The molecule has 0 aliphatic heterocycles. The second-order valence-corrected chi connectivity index (χ2v) is 5.35. The molecule has 1 N–H and O–H groups in total. The standard InChI is InChI=1S/C16H21ClN2/c1-3-9-19-10-8-14(12-19)11-18-13(2)15-4-6-16(17)7-5-15/h4-8,10,12-13,18H,3,9,11H2,1-2H3/t13-/m1/s1. The molecule has 0 aliphatic rings. The molecular weight excluding hydrogens is 256 g/mol. The highest BCUT2D eigenvalue weighted by Crippen LogP contribution is 2.16. The number of hydrogen-bond acceptors (Lipinski definition) is 1. The molecule has 0 unspecified atom stereocenters. The van der Waals surface area contributed by atoms with E-state index in [-0.39, 0.29) is 0 Å². The molecule has 2 aromatic rings. The lowest BCUT2D eigenvalue weighted by Crippen LogP contribution is -2.17. The Balaban J connectivity index is 1.88. The molecule has 1 aromatic carbocycles. The molecule has 0 fully saturated rings. The summed E-state index contributed by atoms with van der Waals surface area (Å²) in [6.45, 7) is 6.35. The number of hydrogen-bond donors (Lipinski definition) is 1. The smallest absolute Gasteiger partial charge is 0.0406 e. The van der Waals surface area contributed by atoms with Crippen LogP contribution in [0.4, 0.5) is 0 Å². The van der Waals surface area contributed by atoms with Crippen LogP contribution in [0, 0.1) is 0 Å². The van der Waals surface area contributed by atoms with Gasteiger partial charge in [0.25, 0.3) is 0 Å². The highest BCUT2D eigenvalue weighted by Gasteiger charge is 2.05. The Kier molecular flexibility index (Phi) is 5.06. The summed E-state index contributed by atoms with van der Waals surface area (Å²) in [7, 11) is 0. The van der Waals surface area contributed by atoms with Crippen molar-refractivity contribution < 1.29 is 0 Å². The van der Waals surface area contributed by atoms with Gasteiger partial charge in [0, 0.05) is 36.5 Å². The van der Waals surface area contributed by atoms with Crippen molar-refractivity contribution in [2.75, 3.05) is 0 Å². The first-order chi connectivity index (χ1) is 9.19. The van der Waals surface area contributed by atoms with E-state index in [4.69, 9.17) is 11.6 Å². The molecule has 19 heavy (non-hydrogen) atoms. The third-order valence-corrected chi connectivity index (χ3v) is 3.53. The van der Waals surface area contributed by atoms with Gasteiger partial charge in [-0.3, -0.25) is 0 Å². The second kappa shape index (κ2) is 6.78. The van der Waals surface area contributed by atoms with Gasteiger partial charge in [0.15, 0.2) is 0 Å². The van der Waals surface area contributed by atoms with E-state index in [1.807, 2.05) is 12.1 Å². The molecule has 1 heterocycles. The zero-order valence-corrected chi connectivity index (χ0v) is 12.3. The van der Waals surface area contributed by atoms with Gasteiger partial charge in [-0.25, -0.2) is 0 Å². The zero-order valence-electron chi connectivity index (χ0n) is 11.6. The number of nitrogens with one attached hydrogen (secondary N) is 1. The van der Waals surface area contributed by atoms with Gasteiger partial charge < -0.3 is 9.88 Å². The third kappa shape index (κ3) is 4.12. The first-order valence-electron chi connectivity index (χ1n) is 6.82. The normalized spacial score (nSPS) is 12.6. The second-order valence-electron chi connectivity index (χ2n) is 4.91. The van der Waals surface area contributed by atoms with E-state index in [1.165, 1.54) is 17.5 Å². The van der Waals surface area contributed by atoms with Crippen LogP contribution in [0.3, 0.4) is 0 Å². The molecule has 0 aliphatic carbocycles. The Morgan fingerprint density at radius 3 is 2.63 bits per heavy atom. The van der Waals surface area contributed by atoms with Crippen molar-refractivity contribution >= 4 is 11.6 Å². The predicted octanol–water partition coefficient (Wildman–Crippen LogP) is 4.40. The predicted molar refractivity (Wildman–Crippen MR) is 81.4 cm³/mol. The SMILES string of the molecule is CCCn1ccc(CN[C@H](C)c2ccc(Cl)cc2)c1. The molecule has 0 spiro atoms. The van der Waals surface area contributed by atoms with Crippen LogP contribution in [0.15, 0.2) is 42.7 Å². The Hall–Kier alpha value is -1.25. The molecule has 0 bridgehead atoms. The van der Waals surface area contributed by atoms with Crippen molar-refractivity contribution in [2.24, 2.45) is 0 Å². The van der Waals surface area contributed by atoms with Crippen LogP contribution in [0.25, 0.3) is 0 Å². The summed E-state index contributed by atoms with van der Waals surface area (Å²) in [6, 6.07) is 10.5. The molecule has 102 valence electrons. The van der Waals surface area contributed by atoms with Gasteiger partial charge >= 0.3 is 0 Å². The summed E-state index contributed by atoms with van der Waals surface area (Å²) < 4.78 is 2.24. The quantitative estimate of drug-likeness (QED) is 0.827. The Labute approximate surface area is 120 Å². The van der Waals surface area contributed by atoms with Crippen LogP contribution in [-0.4, -0.2) is 4.57 Å². The molecule has 0 amide bonds. The fraction of sp³-hybridized carbons (Fsp3) is 0.375. The van der Waals surface area contributed by atoms with Crippen LogP contribution < -0.4 is 5.32 Å². The maximum Gasteiger partial charge on any atom is 0.0406 e. The molecule has 0 radical (unpaired) electrons. The molecule has 1 aromatic heterocycles. The van der Waals surface area contributed by atoms with Crippen LogP contribution in [-0.2, 0) is 13.1 Å². The van der Waals surface area contributed by atoms with Crippen LogP contribution >= 0.6 is 11.6 Å². The van der Waals surface area contributed by atoms with E-state index in [2.05, 4.69) is 54.3 Å². The topological polar surface area (TPSA) is 17.0 Å². The summed E-state index contributed by atoms with van der Waals surface area (Å²) in [5.74, 6) is 0. The monoisotopic (exact) mass is 276 g/mol. The first kappa shape index (κ1) is 14.2. The molecule has 0 saturated heterocycles. The van der Waals surface area contributed by atoms with E-state index in [9.17, 15) is 0 Å². The van der Waals surface area contributed by atoms with Gasteiger partial charge in [-0.2, -0.15) is 0 Å². The Morgan fingerprint density at radius 1 is 1.21 bits per heavy atom. The van der Waals surface area contributed by atoms with E-state index < -0.39 is 0 Å². The number of aromatic nitrogens is 1. The van der Waals surface area contributed by atoms with Crippen molar-refractivity contribution in [1.82, 2.24) is 9.88 Å². The van der Waals surface area contributed by atoms with Gasteiger partial charge in [-0.05, 0) is 42.7 Å². The van der Waals surface area contributed by atoms with Crippen LogP contribution in [0.1, 0.15) is 37.4 Å². The highest BCUT2D eigenvalue weighted by atomic mass is 35.5. The van der Waals surface area contributed by atoms with E-state index in [0.717, 1.165) is 18.1 Å². The lowest BCUT2D eigenvalue weighted by Gasteiger charge is -2.13. The highest BCUT2D eigenvalue weighted by molar-refractivity contribution is 6.30. The van der Waals surface area contributed by atoms with E-state index in [1.54, 1.807) is 0 Å². The molecule has 2 nitrogen and oxygen atoms in total. The molecule has 3 heteroatoms. The summed E-state index contributed by atoms with van der Waals surface area (Å²) >= 11 is 5.90. The van der Waals surface area contributed by atoms with Crippen molar-refractivity contribution in [3.8, 4) is 0 Å². The lowest BCUT2D eigenvalue weighted by atomic mass is 10.1. The van der Waals surface area contributed by atoms with Gasteiger partial charge in [0.1, 0.15) is 0 Å².